The number of hydrogen-bond acceptors (Lipinski definition) is 2. The molecule has 1 amide bonds. The Morgan fingerprint density at radius 3 is 2.41 bits per heavy atom. The van der Waals surface area contributed by atoms with E-state index in [0.29, 0.717) is 24.8 Å². The molecule has 0 saturated heterocycles. The molecule has 0 radical (unpaired) electrons. The molecule has 1 atom stereocenters. The highest BCUT2D eigenvalue weighted by atomic mass is 19.4. The highest BCUT2D eigenvalue weighted by molar-refractivity contribution is 5.86. The quantitative estimate of drug-likeness (QED) is 0.535. The van der Waals surface area contributed by atoms with E-state index in [1.54, 1.807) is 13.0 Å². The van der Waals surface area contributed by atoms with E-state index in [1.165, 1.54) is 6.07 Å². The van der Waals surface area contributed by atoms with Crippen LogP contribution in [-0.2, 0) is 22.9 Å². The number of primary amides is 1. The number of ether oxygens (including phenoxy) is 1. The fourth-order valence-corrected chi connectivity index (χ4v) is 3.68. The Morgan fingerprint density at radius 1 is 1.00 bits per heavy atom. The van der Waals surface area contributed by atoms with Gasteiger partial charge in [0.2, 0.25) is 0 Å². The van der Waals surface area contributed by atoms with Gasteiger partial charge in [0.25, 0.3) is 0 Å². The summed E-state index contributed by atoms with van der Waals surface area (Å²) in [6.07, 6.45) is -3.90. The number of benzene rings is 3. The third-order valence-corrected chi connectivity index (χ3v) is 5.06. The zero-order valence-corrected chi connectivity index (χ0v) is 16.0. The van der Waals surface area contributed by atoms with Crippen molar-refractivity contribution in [3.05, 3.63) is 83.4 Å². The minimum Gasteiger partial charge on any atom is -0.438 e. The molecular weight excluding hydrogens is 379 g/mol. The molecule has 152 valence electrons. The van der Waals surface area contributed by atoms with E-state index in [2.05, 4.69) is 0 Å². The maximum Gasteiger partial charge on any atom is 0.416 e. The van der Waals surface area contributed by atoms with Crippen LogP contribution >= 0.6 is 0 Å². The van der Waals surface area contributed by atoms with Gasteiger partial charge in [0.15, 0.2) is 0 Å². The Kier molecular flexibility index (Phi) is 5.82. The highest BCUT2D eigenvalue weighted by Crippen LogP contribution is 2.36. The van der Waals surface area contributed by atoms with Crippen LogP contribution in [0, 0.1) is 0 Å². The minimum absolute atomic E-state index is 0.417. The number of amides is 1. The van der Waals surface area contributed by atoms with Gasteiger partial charge in [0, 0.05) is 5.56 Å². The molecule has 3 nitrogen and oxygen atoms in total. The van der Waals surface area contributed by atoms with E-state index in [-0.39, 0.29) is 0 Å². The van der Waals surface area contributed by atoms with Crippen LogP contribution < -0.4 is 5.73 Å². The van der Waals surface area contributed by atoms with Gasteiger partial charge in [-0.25, -0.2) is 4.79 Å². The lowest BCUT2D eigenvalue weighted by atomic mass is 9.86. The van der Waals surface area contributed by atoms with Crippen LogP contribution in [0.4, 0.5) is 18.0 Å². The molecule has 0 aliphatic carbocycles. The van der Waals surface area contributed by atoms with Crippen LogP contribution in [0.25, 0.3) is 10.8 Å². The van der Waals surface area contributed by atoms with Crippen molar-refractivity contribution in [1.82, 2.24) is 0 Å². The van der Waals surface area contributed by atoms with Crippen LogP contribution in [0.5, 0.6) is 0 Å². The Morgan fingerprint density at radius 2 is 1.69 bits per heavy atom. The van der Waals surface area contributed by atoms with Gasteiger partial charge in [-0.1, -0.05) is 60.7 Å². The predicted molar refractivity (Wildman–Crippen MR) is 106 cm³/mol. The molecule has 0 spiro atoms. The molecule has 0 bridgehead atoms. The molecule has 0 aromatic heterocycles. The second-order valence-corrected chi connectivity index (χ2v) is 7.23. The molecule has 2 N–H and O–H groups in total. The first-order valence-corrected chi connectivity index (χ1v) is 9.32. The van der Waals surface area contributed by atoms with Gasteiger partial charge in [-0.05, 0) is 48.6 Å². The summed E-state index contributed by atoms with van der Waals surface area (Å²) in [5.41, 5.74) is 5.07. The number of carbonyl (C=O) groups is 1. The Balaban J connectivity index is 1.84. The van der Waals surface area contributed by atoms with Gasteiger partial charge in [-0.2, -0.15) is 13.2 Å². The van der Waals surface area contributed by atoms with Crippen LogP contribution in [0.3, 0.4) is 0 Å². The van der Waals surface area contributed by atoms with Gasteiger partial charge in [0.05, 0.1) is 5.56 Å². The molecule has 3 aromatic carbocycles. The number of hydrogen-bond donors (Lipinski definition) is 1. The molecule has 0 aliphatic heterocycles. The Labute approximate surface area is 167 Å². The first-order chi connectivity index (χ1) is 13.7. The molecular formula is C23H22F3NO2. The summed E-state index contributed by atoms with van der Waals surface area (Å²) in [4.78, 5) is 11.6. The Hall–Kier alpha value is -3.02. The standard InChI is InChI=1S/C23H22F3NO2/c1-22(29-21(27)28,20-13-5-10-17-9-2-3-12-19(17)20)14-6-8-16-7-4-11-18(15-16)23(24,25)26/h2-5,7,9-13,15H,6,8,14H2,1H3,(H2,27,28)/t22-/m1/s1. The maximum absolute atomic E-state index is 12.9. The highest BCUT2D eigenvalue weighted by Gasteiger charge is 2.32. The van der Waals surface area contributed by atoms with Crippen molar-refractivity contribution in [2.45, 2.75) is 38.0 Å². The van der Waals surface area contributed by atoms with Gasteiger partial charge in [0.1, 0.15) is 5.60 Å². The summed E-state index contributed by atoms with van der Waals surface area (Å²) in [6.45, 7) is 1.78. The number of carbonyl (C=O) groups excluding carboxylic acids is 1. The van der Waals surface area contributed by atoms with Gasteiger partial charge in [-0.3, -0.25) is 0 Å². The summed E-state index contributed by atoms with van der Waals surface area (Å²) in [6, 6.07) is 18.7. The summed E-state index contributed by atoms with van der Waals surface area (Å²) < 4.78 is 44.3. The van der Waals surface area contributed by atoms with Crippen LogP contribution in [0.2, 0.25) is 0 Å². The van der Waals surface area contributed by atoms with Crippen LogP contribution in [0.15, 0.2) is 66.7 Å². The molecule has 3 aromatic rings. The van der Waals surface area contributed by atoms with Crippen LogP contribution in [0.1, 0.15) is 36.5 Å². The van der Waals surface area contributed by atoms with Gasteiger partial charge >= 0.3 is 12.3 Å². The average molecular weight is 401 g/mol. The average Bonchev–Trinajstić information content (AvgIpc) is 2.66. The summed E-state index contributed by atoms with van der Waals surface area (Å²) in [5, 5.41) is 1.94. The second kappa shape index (κ2) is 8.15. The van der Waals surface area contributed by atoms with Crippen molar-refractivity contribution < 1.29 is 22.7 Å². The molecule has 6 heteroatoms. The monoisotopic (exact) mass is 401 g/mol. The van der Waals surface area contributed by atoms with E-state index in [0.717, 1.165) is 28.5 Å². The third kappa shape index (κ3) is 4.88. The molecule has 0 heterocycles. The number of halogens is 3. The van der Waals surface area contributed by atoms with E-state index in [1.807, 2.05) is 42.5 Å². The summed E-state index contributed by atoms with van der Waals surface area (Å²) >= 11 is 0. The molecule has 0 aliphatic rings. The van der Waals surface area contributed by atoms with Crippen molar-refractivity contribution in [1.29, 1.82) is 0 Å². The normalized spacial score (nSPS) is 13.8. The minimum atomic E-state index is -4.37. The third-order valence-electron chi connectivity index (χ3n) is 5.06. The van der Waals surface area contributed by atoms with Crippen molar-refractivity contribution in [2.75, 3.05) is 0 Å². The number of aryl methyl sites for hydroxylation is 1. The van der Waals surface area contributed by atoms with E-state index in [9.17, 15) is 18.0 Å². The fourth-order valence-electron chi connectivity index (χ4n) is 3.68. The Bertz CT molecular complexity index is 1010. The number of alkyl halides is 3. The first kappa shape index (κ1) is 20.7. The van der Waals surface area contributed by atoms with Crippen molar-refractivity contribution in [3.63, 3.8) is 0 Å². The number of fused-ring (bicyclic) bond motifs is 1. The molecule has 29 heavy (non-hydrogen) atoms. The molecule has 0 saturated carbocycles. The molecule has 3 rings (SSSR count). The number of rotatable bonds is 6. The summed E-state index contributed by atoms with van der Waals surface area (Å²) in [7, 11) is 0. The predicted octanol–water partition coefficient (Wildman–Crippen LogP) is 6.19. The maximum atomic E-state index is 12.9. The smallest absolute Gasteiger partial charge is 0.416 e. The summed E-state index contributed by atoms with van der Waals surface area (Å²) in [5.74, 6) is 0. The second-order valence-electron chi connectivity index (χ2n) is 7.23. The lowest BCUT2D eigenvalue weighted by Gasteiger charge is -2.30. The topological polar surface area (TPSA) is 52.3 Å². The zero-order valence-electron chi connectivity index (χ0n) is 16.0. The zero-order chi connectivity index (χ0) is 21.1. The fraction of sp³-hybridized carbons (Fsp3) is 0.261. The molecule has 0 fully saturated rings. The van der Waals surface area contributed by atoms with E-state index in [4.69, 9.17) is 10.5 Å². The lowest BCUT2D eigenvalue weighted by molar-refractivity contribution is -0.137. The first-order valence-electron chi connectivity index (χ1n) is 9.32. The SMILES string of the molecule is C[C@](CCCc1cccc(C(F)(F)F)c1)(OC(N)=O)c1cccc2ccccc12. The van der Waals surface area contributed by atoms with Crippen LogP contribution in [-0.4, -0.2) is 6.09 Å². The van der Waals surface area contributed by atoms with E-state index < -0.39 is 23.4 Å². The van der Waals surface area contributed by atoms with Crippen molar-refractivity contribution >= 4 is 16.9 Å². The van der Waals surface area contributed by atoms with Crippen molar-refractivity contribution in [3.8, 4) is 0 Å². The lowest BCUT2D eigenvalue weighted by Crippen LogP contribution is -2.32. The van der Waals surface area contributed by atoms with Gasteiger partial charge in [-0.15, -0.1) is 0 Å². The van der Waals surface area contributed by atoms with Crippen molar-refractivity contribution in [2.24, 2.45) is 5.73 Å². The molecule has 0 unspecified atom stereocenters. The van der Waals surface area contributed by atoms with Gasteiger partial charge < -0.3 is 10.5 Å². The van der Waals surface area contributed by atoms with E-state index >= 15 is 0 Å². The number of nitrogens with two attached hydrogens (primary N) is 1. The largest absolute Gasteiger partial charge is 0.438 e.